The van der Waals surface area contributed by atoms with Crippen LogP contribution in [-0.2, 0) is 17.4 Å². The van der Waals surface area contributed by atoms with E-state index in [-0.39, 0.29) is 36.8 Å². The highest BCUT2D eigenvalue weighted by Gasteiger charge is 2.33. The molecule has 142 valence electrons. The van der Waals surface area contributed by atoms with Gasteiger partial charge in [0.05, 0.1) is 12.0 Å². The first kappa shape index (κ1) is 21.8. The molecule has 1 amide bonds. The molecule has 1 aliphatic heterocycles. The van der Waals surface area contributed by atoms with Gasteiger partial charge in [-0.15, -0.1) is 12.4 Å². The van der Waals surface area contributed by atoms with Crippen LogP contribution in [0.25, 0.3) is 0 Å². The maximum atomic E-state index is 12.8. The van der Waals surface area contributed by atoms with Gasteiger partial charge >= 0.3 is 6.18 Å². The van der Waals surface area contributed by atoms with Gasteiger partial charge in [-0.05, 0) is 51.9 Å². The predicted octanol–water partition coefficient (Wildman–Crippen LogP) is 4.00. The van der Waals surface area contributed by atoms with Crippen molar-refractivity contribution in [2.24, 2.45) is 0 Å². The highest BCUT2D eigenvalue weighted by Crippen LogP contribution is 2.30. The number of alkyl halides is 3. The Bertz CT molecular complexity index is 578. The second-order valence-corrected chi connectivity index (χ2v) is 6.73. The Morgan fingerprint density at radius 2 is 2.00 bits per heavy atom. The van der Waals surface area contributed by atoms with Crippen molar-refractivity contribution in [2.75, 3.05) is 20.6 Å². The normalized spacial score (nSPS) is 19.5. The van der Waals surface area contributed by atoms with E-state index in [1.54, 1.807) is 6.07 Å². The quantitative estimate of drug-likeness (QED) is 0.790. The third-order valence-corrected chi connectivity index (χ3v) is 4.85. The van der Waals surface area contributed by atoms with Crippen molar-refractivity contribution in [3.8, 4) is 0 Å². The van der Waals surface area contributed by atoms with Gasteiger partial charge in [0.25, 0.3) is 0 Å². The maximum Gasteiger partial charge on any atom is 0.416 e. The Balaban J connectivity index is 0.00000312. The monoisotopic (exact) mass is 378 g/mol. The summed E-state index contributed by atoms with van der Waals surface area (Å²) in [5, 5.41) is 0. The van der Waals surface area contributed by atoms with Gasteiger partial charge in [0.15, 0.2) is 0 Å². The van der Waals surface area contributed by atoms with Crippen LogP contribution in [-0.4, -0.2) is 48.4 Å². The Labute approximate surface area is 153 Å². The summed E-state index contributed by atoms with van der Waals surface area (Å²) in [5.74, 6) is -0.0901. The molecule has 0 aliphatic carbocycles. The number of likely N-dealkylation sites (tertiary alicyclic amines) is 1. The Hall–Kier alpha value is -1.27. The van der Waals surface area contributed by atoms with Gasteiger partial charge in [-0.2, -0.15) is 13.2 Å². The van der Waals surface area contributed by atoms with Crippen molar-refractivity contribution in [3.05, 3.63) is 35.4 Å². The average Bonchev–Trinajstić information content (AvgIpc) is 2.53. The Kier molecular flexibility index (Phi) is 7.75. The molecule has 1 aromatic rings. The van der Waals surface area contributed by atoms with Crippen LogP contribution >= 0.6 is 12.4 Å². The van der Waals surface area contributed by atoms with Gasteiger partial charge in [0.2, 0.25) is 5.91 Å². The second kappa shape index (κ2) is 8.90. The van der Waals surface area contributed by atoms with Gasteiger partial charge in [0, 0.05) is 18.6 Å². The summed E-state index contributed by atoms with van der Waals surface area (Å²) < 4.78 is 38.4. The highest BCUT2D eigenvalue weighted by molar-refractivity contribution is 5.85. The molecule has 2 unspecified atom stereocenters. The first-order valence-corrected chi connectivity index (χ1v) is 8.32. The van der Waals surface area contributed by atoms with Gasteiger partial charge in [0.1, 0.15) is 0 Å². The lowest BCUT2D eigenvalue weighted by Crippen LogP contribution is -2.53. The number of halogens is 4. The van der Waals surface area contributed by atoms with Crippen molar-refractivity contribution in [3.63, 3.8) is 0 Å². The lowest BCUT2D eigenvalue weighted by atomic mass is 9.95. The maximum absolute atomic E-state index is 12.8. The molecule has 0 aromatic heterocycles. The van der Waals surface area contributed by atoms with Crippen LogP contribution in [0.1, 0.15) is 37.3 Å². The average molecular weight is 379 g/mol. The first-order chi connectivity index (χ1) is 11.2. The van der Waals surface area contributed by atoms with E-state index in [1.807, 2.05) is 19.0 Å². The van der Waals surface area contributed by atoms with Crippen LogP contribution in [0.15, 0.2) is 24.3 Å². The van der Waals surface area contributed by atoms with Gasteiger partial charge in [-0.3, -0.25) is 4.79 Å². The number of benzene rings is 1. The lowest BCUT2D eigenvalue weighted by molar-refractivity contribution is -0.138. The number of hydrogen-bond donors (Lipinski definition) is 0. The van der Waals surface area contributed by atoms with E-state index in [2.05, 4.69) is 11.8 Å². The van der Waals surface area contributed by atoms with E-state index >= 15 is 0 Å². The molecular weight excluding hydrogens is 353 g/mol. The summed E-state index contributed by atoms with van der Waals surface area (Å²) in [6, 6.07) is 5.39. The zero-order valence-electron chi connectivity index (χ0n) is 14.8. The molecule has 0 spiro atoms. The third kappa shape index (κ3) is 5.61. The van der Waals surface area contributed by atoms with E-state index in [0.717, 1.165) is 31.4 Å². The predicted molar refractivity (Wildman–Crippen MR) is 94.9 cm³/mol. The molecule has 0 bridgehead atoms. The molecule has 0 N–H and O–H groups in total. The topological polar surface area (TPSA) is 23.6 Å². The minimum atomic E-state index is -4.38. The fraction of sp³-hybridized carbons (Fsp3) is 0.611. The first-order valence-electron chi connectivity index (χ1n) is 8.32. The highest BCUT2D eigenvalue weighted by atomic mass is 35.5. The molecule has 2 atom stereocenters. The molecule has 1 aliphatic rings. The second-order valence-electron chi connectivity index (χ2n) is 6.73. The third-order valence-electron chi connectivity index (χ3n) is 4.85. The lowest BCUT2D eigenvalue weighted by Gasteiger charge is -2.41. The zero-order valence-corrected chi connectivity index (χ0v) is 15.7. The van der Waals surface area contributed by atoms with Crippen molar-refractivity contribution in [1.29, 1.82) is 0 Å². The summed E-state index contributed by atoms with van der Waals surface area (Å²) in [5.41, 5.74) is -0.290. The number of rotatable bonds is 4. The molecule has 1 heterocycles. The van der Waals surface area contributed by atoms with Crippen molar-refractivity contribution < 1.29 is 18.0 Å². The van der Waals surface area contributed by atoms with Crippen LogP contribution in [0, 0.1) is 0 Å². The summed E-state index contributed by atoms with van der Waals surface area (Å²) in [6.07, 6.45) is -1.40. The molecule has 0 radical (unpaired) electrons. The SMILES string of the molecule is CC(C1CCCCN1C(=O)Cc1cccc(C(F)(F)F)c1)N(C)C.Cl. The van der Waals surface area contributed by atoms with Crippen LogP contribution in [0.4, 0.5) is 13.2 Å². The summed E-state index contributed by atoms with van der Waals surface area (Å²) in [7, 11) is 3.96. The zero-order chi connectivity index (χ0) is 17.9. The molecule has 3 nitrogen and oxygen atoms in total. The fourth-order valence-electron chi connectivity index (χ4n) is 3.25. The number of piperidine rings is 1. The van der Waals surface area contributed by atoms with E-state index in [0.29, 0.717) is 12.1 Å². The van der Waals surface area contributed by atoms with Crippen LogP contribution in [0.2, 0.25) is 0 Å². The summed E-state index contributed by atoms with van der Waals surface area (Å²) >= 11 is 0. The molecule has 1 aromatic carbocycles. The molecule has 0 saturated carbocycles. The number of hydrogen-bond acceptors (Lipinski definition) is 2. The van der Waals surface area contributed by atoms with E-state index < -0.39 is 11.7 Å². The number of carbonyl (C=O) groups is 1. The number of likely N-dealkylation sites (N-methyl/N-ethyl adjacent to an activating group) is 1. The number of nitrogens with zero attached hydrogens (tertiary/aromatic N) is 2. The summed E-state index contributed by atoms with van der Waals surface area (Å²) in [6.45, 7) is 2.77. The summed E-state index contributed by atoms with van der Waals surface area (Å²) in [4.78, 5) is 16.6. The van der Waals surface area contributed by atoms with Gasteiger partial charge < -0.3 is 9.80 Å². The van der Waals surface area contributed by atoms with Gasteiger partial charge in [-0.25, -0.2) is 0 Å². The molecule has 1 fully saturated rings. The van der Waals surface area contributed by atoms with Crippen LogP contribution < -0.4 is 0 Å². The standard InChI is InChI=1S/C18H25F3N2O.ClH/c1-13(22(2)3)16-9-4-5-10-23(16)17(24)12-14-7-6-8-15(11-14)18(19,20)21;/h6-8,11,13,16H,4-5,9-10,12H2,1-3H3;1H. The minimum absolute atomic E-state index is 0. The van der Waals surface area contributed by atoms with Crippen LogP contribution in [0.5, 0.6) is 0 Å². The molecule has 2 rings (SSSR count). The minimum Gasteiger partial charge on any atom is -0.338 e. The fourth-order valence-corrected chi connectivity index (χ4v) is 3.25. The van der Waals surface area contributed by atoms with E-state index in [9.17, 15) is 18.0 Å². The molecule has 7 heteroatoms. The Morgan fingerprint density at radius 1 is 1.32 bits per heavy atom. The number of amides is 1. The molecule has 1 saturated heterocycles. The van der Waals surface area contributed by atoms with Crippen molar-refractivity contribution >= 4 is 18.3 Å². The van der Waals surface area contributed by atoms with Gasteiger partial charge in [-0.1, -0.05) is 18.2 Å². The molecular formula is C18H26ClF3N2O. The van der Waals surface area contributed by atoms with E-state index in [1.165, 1.54) is 6.07 Å². The molecule has 25 heavy (non-hydrogen) atoms. The van der Waals surface area contributed by atoms with Crippen LogP contribution in [0.3, 0.4) is 0 Å². The van der Waals surface area contributed by atoms with Crippen molar-refractivity contribution in [1.82, 2.24) is 9.80 Å². The van der Waals surface area contributed by atoms with Crippen molar-refractivity contribution in [2.45, 2.75) is 50.9 Å². The largest absolute Gasteiger partial charge is 0.416 e. The number of carbonyl (C=O) groups excluding carboxylic acids is 1. The van der Waals surface area contributed by atoms with E-state index in [4.69, 9.17) is 0 Å². The smallest absolute Gasteiger partial charge is 0.338 e. The Morgan fingerprint density at radius 3 is 2.60 bits per heavy atom.